The van der Waals surface area contributed by atoms with Crippen molar-refractivity contribution in [2.45, 2.75) is 6.92 Å². The molecule has 0 aliphatic carbocycles. The Hall–Kier alpha value is -2.08. The standard InChI is InChI=1S/C12H11N3O2S/c1-9-3-2-4-10(14-9)15(11-7-16-8-17-11)12-13-5-6-18-12/h2-7H,8H2,1H3. The smallest absolute Gasteiger partial charge is 0.240 e. The number of anilines is 2. The van der Waals surface area contributed by atoms with E-state index < -0.39 is 0 Å². The molecule has 0 amide bonds. The first-order valence-corrected chi connectivity index (χ1v) is 6.30. The van der Waals surface area contributed by atoms with Crippen molar-refractivity contribution in [3.8, 4) is 0 Å². The zero-order valence-electron chi connectivity index (χ0n) is 9.74. The van der Waals surface area contributed by atoms with Crippen LogP contribution in [0, 0.1) is 6.92 Å². The van der Waals surface area contributed by atoms with Crippen LogP contribution in [-0.2, 0) is 9.47 Å². The van der Waals surface area contributed by atoms with Gasteiger partial charge in [-0.05, 0) is 19.1 Å². The molecule has 2 aromatic heterocycles. The first-order chi connectivity index (χ1) is 8.84. The van der Waals surface area contributed by atoms with Gasteiger partial charge in [-0.15, -0.1) is 11.3 Å². The lowest BCUT2D eigenvalue weighted by Crippen LogP contribution is -2.18. The average Bonchev–Trinajstić information content (AvgIpc) is 3.02. The number of thiazole rings is 1. The van der Waals surface area contributed by atoms with E-state index in [9.17, 15) is 0 Å². The van der Waals surface area contributed by atoms with Gasteiger partial charge in [0.1, 0.15) is 12.1 Å². The predicted molar refractivity (Wildman–Crippen MR) is 68.3 cm³/mol. The van der Waals surface area contributed by atoms with Crippen molar-refractivity contribution in [3.05, 3.63) is 47.6 Å². The fourth-order valence-corrected chi connectivity index (χ4v) is 2.29. The van der Waals surface area contributed by atoms with E-state index in [1.54, 1.807) is 12.5 Å². The predicted octanol–water partition coefficient (Wildman–Crippen LogP) is 2.79. The summed E-state index contributed by atoms with van der Waals surface area (Å²) in [6.07, 6.45) is 3.32. The minimum Gasteiger partial charge on any atom is -0.459 e. The largest absolute Gasteiger partial charge is 0.459 e. The highest BCUT2D eigenvalue weighted by molar-refractivity contribution is 7.13. The lowest BCUT2D eigenvalue weighted by molar-refractivity contribution is 0.0797. The van der Waals surface area contributed by atoms with Crippen molar-refractivity contribution in [2.24, 2.45) is 0 Å². The van der Waals surface area contributed by atoms with Gasteiger partial charge in [-0.3, -0.25) is 0 Å². The Morgan fingerprint density at radius 3 is 3.00 bits per heavy atom. The summed E-state index contributed by atoms with van der Waals surface area (Å²) in [4.78, 5) is 10.6. The number of hydrogen-bond acceptors (Lipinski definition) is 6. The molecule has 0 aromatic carbocycles. The van der Waals surface area contributed by atoms with Gasteiger partial charge in [-0.25, -0.2) is 14.9 Å². The van der Waals surface area contributed by atoms with Crippen LogP contribution in [0.3, 0.4) is 0 Å². The van der Waals surface area contributed by atoms with Gasteiger partial charge >= 0.3 is 0 Å². The van der Waals surface area contributed by atoms with E-state index in [4.69, 9.17) is 9.47 Å². The van der Waals surface area contributed by atoms with Crippen molar-refractivity contribution in [2.75, 3.05) is 11.7 Å². The van der Waals surface area contributed by atoms with Crippen LogP contribution in [0.4, 0.5) is 10.9 Å². The number of hydrogen-bond donors (Lipinski definition) is 0. The Morgan fingerprint density at radius 1 is 1.39 bits per heavy atom. The van der Waals surface area contributed by atoms with E-state index in [-0.39, 0.29) is 6.79 Å². The van der Waals surface area contributed by atoms with E-state index in [1.807, 2.05) is 35.4 Å². The second-order valence-electron chi connectivity index (χ2n) is 3.67. The van der Waals surface area contributed by atoms with Gasteiger partial charge in [-0.1, -0.05) is 6.07 Å². The molecule has 0 N–H and O–H groups in total. The van der Waals surface area contributed by atoms with Crippen molar-refractivity contribution in [1.82, 2.24) is 9.97 Å². The Bertz CT molecular complexity index is 568. The van der Waals surface area contributed by atoms with E-state index in [2.05, 4.69) is 9.97 Å². The molecule has 6 heteroatoms. The first-order valence-electron chi connectivity index (χ1n) is 5.42. The van der Waals surface area contributed by atoms with Gasteiger partial charge in [0.2, 0.25) is 12.7 Å². The van der Waals surface area contributed by atoms with E-state index >= 15 is 0 Å². The summed E-state index contributed by atoms with van der Waals surface area (Å²) in [7, 11) is 0. The Kier molecular flexibility index (Phi) is 2.85. The number of aromatic nitrogens is 2. The number of aryl methyl sites for hydroxylation is 1. The van der Waals surface area contributed by atoms with E-state index in [1.165, 1.54) is 11.3 Å². The third-order valence-corrected chi connectivity index (χ3v) is 3.15. The minimum absolute atomic E-state index is 0.225. The molecule has 18 heavy (non-hydrogen) atoms. The molecule has 0 saturated heterocycles. The molecule has 5 nitrogen and oxygen atoms in total. The average molecular weight is 261 g/mol. The maximum atomic E-state index is 5.42. The van der Waals surface area contributed by atoms with Gasteiger partial charge in [-0.2, -0.15) is 0 Å². The Balaban J connectivity index is 2.05. The molecular formula is C12H11N3O2S. The Morgan fingerprint density at radius 2 is 2.33 bits per heavy atom. The van der Waals surface area contributed by atoms with Crippen molar-refractivity contribution >= 4 is 22.3 Å². The second-order valence-corrected chi connectivity index (χ2v) is 4.55. The fraction of sp³-hybridized carbons (Fsp3) is 0.167. The summed E-state index contributed by atoms with van der Waals surface area (Å²) >= 11 is 1.52. The number of nitrogens with zero attached hydrogens (tertiary/aromatic N) is 3. The monoisotopic (exact) mass is 261 g/mol. The van der Waals surface area contributed by atoms with Gasteiger partial charge < -0.3 is 9.47 Å². The van der Waals surface area contributed by atoms with Crippen LogP contribution in [0.25, 0.3) is 0 Å². The highest BCUT2D eigenvalue weighted by Gasteiger charge is 2.22. The van der Waals surface area contributed by atoms with Crippen LogP contribution >= 0.6 is 11.3 Å². The molecule has 1 aliphatic heterocycles. The molecule has 0 unspecified atom stereocenters. The molecule has 3 rings (SSSR count). The lowest BCUT2D eigenvalue weighted by atomic mass is 10.3. The van der Waals surface area contributed by atoms with Crippen LogP contribution < -0.4 is 4.90 Å². The van der Waals surface area contributed by atoms with Gasteiger partial charge in [0, 0.05) is 17.3 Å². The number of rotatable bonds is 3. The molecule has 0 bridgehead atoms. The maximum Gasteiger partial charge on any atom is 0.240 e. The number of ether oxygens (including phenoxy) is 2. The van der Waals surface area contributed by atoms with Gasteiger partial charge in [0.15, 0.2) is 5.13 Å². The lowest BCUT2D eigenvalue weighted by Gasteiger charge is -2.19. The molecule has 2 aromatic rings. The molecule has 92 valence electrons. The zero-order chi connectivity index (χ0) is 12.4. The molecule has 1 aliphatic rings. The van der Waals surface area contributed by atoms with Crippen molar-refractivity contribution in [3.63, 3.8) is 0 Å². The van der Waals surface area contributed by atoms with Crippen molar-refractivity contribution in [1.29, 1.82) is 0 Å². The molecule has 3 heterocycles. The summed E-state index contributed by atoms with van der Waals surface area (Å²) in [5.41, 5.74) is 0.938. The van der Waals surface area contributed by atoms with E-state index in [0.29, 0.717) is 5.88 Å². The highest BCUT2D eigenvalue weighted by Crippen LogP contribution is 2.31. The van der Waals surface area contributed by atoms with E-state index in [0.717, 1.165) is 16.6 Å². The quantitative estimate of drug-likeness (QED) is 0.850. The summed E-state index contributed by atoms with van der Waals surface area (Å²) in [6.45, 7) is 2.17. The molecule has 0 saturated carbocycles. The van der Waals surface area contributed by atoms with Crippen LogP contribution in [-0.4, -0.2) is 16.8 Å². The van der Waals surface area contributed by atoms with Crippen LogP contribution in [0.1, 0.15) is 5.69 Å². The summed E-state index contributed by atoms with van der Waals surface area (Å²) in [5.74, 6) is 1.37. The Labute approximate surface area is 108 Å². The highest BCUT2D eigenvalue weighted by atomic mass is 32.1. The van der Waals surface area contributed by atoms with Crippen LogP contribution in [0.5, 0.6) is 0 Å². The SMILES string of the molecule is Cc1cccc(N(C2=COCO2)c2nccs2)n1. The molecular weight excluding hydrogens is 250 g/mol. The van der Waals surface area contributed by atoms with Crippen molar-refractivity contribution < 1.29 is 9.47 Å². The summed E-state index contributed by atoms with van der Waals surface area (Å²) in [5, 5.41) is 2.71. The fourth-order valence-electron chi connectivity index (χ4n) is 1.64. The molecule has 0 fully saturated rings. The van der Waals surface area contributed by atoms with Gasteiger partial charge in [0.05, 0.1) is 0 Å². The third-order valence-electron chi connectivity index (χ3n) is 2.39. The third kappa shape index (κ3) is 2.02. The summed E-state index contributed by atoms with van der Waals surface area (Å²) < 4.78 is 10.5. The van der Waals surface area contributed by atoms with Crippen LogP contribution in [0.2, 0.25) is 0 Å². The first kappa shape index (κ1) is 11.0. The molecule has 0 atom stereocenters. The molecule has 0 radical (unpaired) electrons. The van der Waals surface area contributed by atoms with Gasteiger partial charge in [0.25, 0.3) is 0 Å². The van der Waals surface area contributed by atoms with Crippen LogP contribution in [0.15, 0.2) is 41.9 Å². The topological polar surface area (TPSA) is 47.5 Å². The minimum atomic E-state index is 0.225. The zero-order valence-corrected chi connectivity index (χ0v) is 10.6. The number of pyridine rings is 1. The normalized spacial score (nSPS) is 13.7. The summed E-state index contributed by atoms with van der Waals surface area (Å²) in [6, 6.07) is 5.81. The molecule has 0 spiro atoms. The maximum absolute atomic E-state index is 5.42. The second kappa shape index (κ2) is 4.66.